The Labute approximate surface area is 287 Å². The number of nitriles is 1. The maximum atomic E-state index is 13.1. The Hall–Kier alpha value is -3.91. The number of hydrogen-bond acceptors (Lipinski definition) is 9. The molecule has 252 valence electrons. The van der Waals surface area contributed by atoms with Crippen LogP contribution in [0.3, 0.4) is 0 Å². The molecule has 11 heteroatoms. The molecule has 0 bridgehead atoms. The van der Waals surface area contributed by atoms with Gasteiger partial charge in [-0.1, -0.05) is 41.9 Å². The molecule has 1 aliphatic carbocycles. The summed E-state index contributed by atoms with van der Waals surface area (Å²) in [5, 5.41) is 12.7. The lowest BCUT2D eigenvalue weighted by molar-refractivity contribution is -0.128. The molecule has 2 atom stereocenters. The molecule has 48 heavy (non-hydrogen) atoms. The highest BCUT2D eigenvalue weighted by molar-refractivity contribution is 6.36. The van der Waals surface area contributed by atoms with E-state index in [0.29, 0.717) is 44.9 Å². The van der Waals surface area contributed by atoms with Crippen molar-refractivity contribution in [2.45, 2.75) is 62.6 Å². The lowest BCUT2D eigenvalue weighted by Gasteiger charge is -2.55. The minimum Gasteiger partial charge on any atom is -0.462 e. The minimum atomic E-state index is -0.295. The molecule has 2 aromatic carbocycles. The van der Waals surface area contributed by atoms with Crippen LogP contribution in [0.2, 0.25) is 5.02 Å². The molecular weight excluding hydrogens is 626 g/mol. The number of carbonyl (C=O) groups is 1. The number of piperazine rings is 1. The number of amides is 1. The number of likely N-dealkylation sites (tertiary alicyclic amines) is 1. The molecule has 0 radical (unpaired) electrons. The Balaban J connectivity index is 1.27. The van der Waals surface area contributed by atoms with Gasteiger partial charge in [0.05, 0.1) is 41.4 Å². The molecule has 0 N–H and O–H groups in total. The van der Waals surface area contributed by atoms with E-state index in [1.807, 2.05) is 17.0 Å². The summed E-state index contributed by atoms with van der Waals surface area (Å²) in [6.45, 7) is 4.40. The first kappa shape index (κ1) is 32.6. The van der Waals surface area contributed by atoms with Crippen molar-refractivity contribution in [1.29, 1.82) is 5.26 Å². The topological polar surface area (TPSA) is 98.1 Å². The van der Waals surface area contributed by atoms with E-state index in [-0.39, 0.29) is 23.9 Å². The summed E-state index contributed by atoms with van der Waals surface area (Å²) in [5.74, 6) is 0.779. The van der Waals surface area contributed by atoms with E-state index < -0.39 is 0 Å². The summed E-state index contributed by atoms with van der Waals surface area (Å²) in [6, 6.07) is 15.3. The summed E-state index contributed by atoms with van der Waals surface area (Å²) in [5.41, 5.74) is 3.04. The predicted molar refractivity (Wildman–Crippen MR) is 188 cm³/mol. The minimum absolute atomic E-state index is 0.0980. The van der Waals surface area contributed by atoms with Crippen LogP contribution in [0.1, 0.15) is 49.8 Å². The number of rotatable bonds is 9. The summed E-state index contributed by atoms with van der Waals surface area (Å²) < 4.78 is 11.6. The van der Waals surface area contributed by atoms with Crippen molar-refractivity contribution in [3.63, 3.8) is 0 Å². The van der Waals surface area contributed by atoms with Crippen molar-refractivity contribution in [2.24, 2.45) is 0 Å². The molecule has 4 heterocycles. The maximum Gasteiger partial charge on any atom is 0.318 e. The molecule has 1 spiro atoms. The second-order valence-electron chi connectivity index (χ2n) is 13.5. The third kappa shape index (κ3) is 5.97. The number of carbonyl (C=O) groups excluding carboxylic acids is 1. The molecule has 0 unspecified atom stereocenters. The monoisotopic (exact) mass is 669 g/mol. The van der Waals surface area contributed by atoms with Crippen LogP contribution in [0.4, 0.5) is 11.5 Å². The van der Waals surface area contributed by atoms with Crippen LogP contribution in [0.15, 0.2) is 48.6 Å². The highest BCUT2D eigenvalue weighted by Gasteiger charge is 2.51. The van der Waals surface area contributed by atoms with E-state index in [0.717, 1.165) is 90.2 Å². The Bertz CT molecular complexity index is 1730. The smallest absolute Gasteiger partial charge is 0.318 e. The highest BCUT2D eigenvalue weighted by atomic mass is 35.5. The van der Waals surface area contributed by atoms with Gasteiger partial charge in [-0.25, -0.2) is 0 Å². The van der Waals surface area contributed by atoms with Crippen LogP contribution in [0, 0.1) is 11.3 Å². The molecule has 1 saturated carbocycles. The van der Waals surface area contributed by atoms with Gasteiger partial charge in [-0.3, -0.25) is 4.79 Å². The fraction of sp³-hybridized carbons (Fsp3) is 0.514. The number of fused-ring (bicyclic) bond motifs is 3. The number of ether oxygens (including phenoxy) is 2. The Morgan fingerprint density at radius 2 is 1.94 bits per heavy atom. The summed E-state index contributed by atoms with van der Waals surface area (Å²) >= 11 is 6.87. The van der Waals surface area contributed by atoms with Crippen LogP contribution in [-0.2, 0) is 21.5 Å². The van der Waals surface area contributed by atoms with Crippen LogP contribution in [-0.4, -0.2) is 97.9 Å². The fourth-order valence-electron chi connectivity index (χ4n) is 8.15. The number of aromatic nitrogens is 2. The molecule has 1 aromatic heterocycles. The second-order valence-corrected chi connectivity index (χ2v) is 13.9. The molecule has 4 aliphatic rings. The molecule has 3 aromatic rings. The van der Waals surface area contributed by atoms with Crippen LogP contribution in [0.25, 0.3) is 10.8 Å². The van der Waals surface area contributed by atoms with Gasteiger partial charge < -0.3 is 29.1 Å². The summed E-state index contributed by atoms with van der Waals surface area (Å²) in [7, 11) is 3.75. The van der Waals surface area contributed by atoms with E-state index in [2.05, 4.69) is 52.1 Å². The molecule has 7 rings (SSSR count). The Morgan fingerprint density at radius 1 is 1.10 bits per heavy atom. The normalized spacial score (nSPS) is 22.2. The van der Waals surface area contributed by atoms with E-state index in [1.54, 1.807) is 19.3 Å². The first-order valence-electron chi connectivity index (χ1n) is 17.2. The van der Waals surface area contributed by atoms with Crippen LogP contribution >= 0.6 is 11.6 Å². The van der Waals surface area contributed by atoms with Gasteiger partial charge in [0.2, 0.25) is 5.91 Å². The van der Waals surface area contributed by atoms with Crippen molar-refractivity contribution in [3.8, 4) is 12.1 Å². The van der Waals surface area contributed by atoms with Gasteiger partial charge in [-0.2, -0.15) is 15.2 Å². The largest absolute Gasteiger partial charge is 0.462 e. The number of benzene rings is 2. The lowest BCUT2D eigenvalue weighted by Crippen LogP contribution is -2.57. The van der Waals surface area contributed by atoms with E-state index >= 15 is 0 Å². The number of halogens is 1. The zero-order valence-electron chi connectivity index (χ0n) is 27.9. The number of nitrogens with zero attached hydrogens (tertiary/aromatic N) is 7. The fourth-order valence-corrected chi connectivity index (χ4v) is 8.43. The zero-order chi connectivity index (χ0) is 33.3. The predicted octanol–water partition coefficient (Wildman–Crippen LogP) is 5.33. The SMILES string of the molecule is COC/C=C/C(=O)N1CCN(c2nc(OC[C@@H]3CCCN3C)nc3c2CCN(c2cccc4cccc(Cl)c24)C32CCC2)C[C@@H]1CC#N. The molecular formula is C37H44ClN7O3. The summed E-state index contributed by atoms with van der Waals surface area (Å²) in [4.78, 5) is 32.5. The first-order chi connectivity index (χ1) is 23.4. The highest BCUT2D eigenvalue weighted by Crippen LogP contribution is 2.54. The molecule has 3 aliphatic heterocycles. The number of hydrogen-bond donors (Lipinski definition) is 0. The van der Waals surface area contributed by atoms with Crippen molar-refractivity contribution in [3.05, 3.63) is 64.8 Å². The van der Waals surface area contributed by atoms with Crippen LogP contribution < -0.4 is 14.5 Å². The van der Waals surface area contributed by atoms with E-state index in [1.165, 1.54) is 0 Å². The number of likely N-dealkylation sites (N-methyl/N-ethyl adjacent to an activating group) is 1. The molecule has 1 amide bonds. The van der Waals surface area contributed by atoms with Crippen molar-refractivity contribution in [2.75, 3.05) is 69.9 Å². The van der Waals surface area contributed by atoms with Gasteiger partial charge in [0.1, 0.15) is 12.4 Å². The Morgan fingerprint density at radius 3 is 2.67 bits per heavy atom. The van der Waals surface area contributed by atoms with Gasteiger partial charge in [0, 0.05) is 62.0 Å². The molecule has 2 saturated heterocycles. The van der Waals surface area contributed by atoms with Gasteiger partial charge in [0.25, 0.3) is 0 Å². The number of methoxy groups -OCH3 is 1. The number of anilines is 2. The quantitative estimate of drug-likeness (QED) is 0.280. The average Bonchev–Trinajstić information content (AvgIpc) is 3.50. The zero-order valence-corrected chi connectivity index (χ0v) is 28.7. The van der Waals surface area contributed by atoms with Gasteiger partial charge >= 0.3 is 6.01 Å². The van der Waals surface area contributed by atoms with Gasteiger partial charge in [0.15, 0.2) is 0 Å². The summed E-state index contributed by atoms with van der Waals surface area (Å²) in [6.07, 6.45) is 9.61. The van der Waals surface area contributed by atoms with Crippen LogP contribution in [0.5, 0.6) is 6.01 Å². The van der Waals surface area contributed by atoms with Crippen molar-refractivity contribution >= 4 is 39.8 Å². The second kappa shape index (κ2) is 13.9. The first-order valence-corrected chi connectivity index (χ1v) is 17.6. The molecule has 10 nitrogen and oxygen atoms in total. The van der Waals surface area contributed by atoms with E-state index in [9.17, 15) is 10.1 Å². The standard InChI is InChI=1S/C37H44ClN7O3/c1-42-19-5-10-28(42)25-48-36-40-34-29(35(41-36)43-21-22-44(27(24-43)14-18-39)32(46)13-6-23-47-2)15-20-45(37(34)16-7-17-37)31-12-4-9-26-8-3-11-30(38)33(26)31/h3-4,6,8-9,11-13,27-28H,5,7,10,14-17,19-25H2,1-2H3/b13-6+/t27-,28-/m0/s1. The van der Waals surface area contributed by atoms with E-state index in [4.69, 9.17) is 31.0 Å². The maximum absolute atomic E-state index is 13.1. The molecule has 3 fully saturated rings. The third-order valence-corrected chi connectivity index (χ3v) is 11.1. The van der Waals surface area contributed by atoms with Gasteiger partial charge in [-0.05, 0) is 69.6 Å². The van der Waals surface area contributed by atoms with Crippen molar-refractivity contribution in [1.82, 2.24) is 19.8 Å². The lowest BCUT2D eigenvalue weighted by atomic mass is 9.69. The third-order valence-electron chi connectivity index (χ3n) is 10.8. The van der Waals surface area contributed by atoms with Gasteiger partial charge in [-0.15, -0.1) is 0 Å². The average molecular weight is 670 g/mol. The Kier molecular flexibility index (Phi) is 9.45. The van der Waals surface area contributed by atoms with Crippen molar-refractivity contribution < 1.29 is 14.3 Å².